The van der Waals surface area contributed by atoms with Gasteiger partial charge in [0.15, 0.2) is 5.13 Å². The molecular weight excluding hydrogens is 387 g/mol. The van der Waals surface area contributed by atoms with Gasteiger partial charge in [-0.25, -0.2) is 14.4 Å². The number of carbonyl (C=O) groups is 1. The average Bonchev–Trinajstić information content (AvgIpc) is 3.37. The number of imidazole rings is 1. The molecule has 0 atom stereocenters. The Balaban J connectivity index is 1.57. The summed E-state index contributed by atoms with van der Waals surface area (Å²) in [6, 6.07) is 12.1. The summed E-state index contributed by atoms with van der Waals surface area (Å²) in [6.07, 6.45) is 6.41. The molecule has 0 spiro atoms. The van der Waals surface area contributed by atoms with Crippen LogP contribution < -0.4 is 4.90 Å². The van der Waals surface area contributed by atoms with Crippen molar-refractivity contribution in [1.82, 2.24) is 14.5 Å². The van der Waals surface area contributed by atoms with Gasteiger partial charge in [0, 0.05) is 25.5 Å². The van der Waals surface area contributed by atoms with Gasteiger partial charge in [-0.2, -0.15) is 0 Å². The second-order valence-electron chi connectivity index (χ2n) is 6.92. The number of hydrogen-bond donors (Lipinski definition) is 0. The molecule has 0 fully saturated rings. The SMILES string of the molecule is Cc1cccc2sc(N(CCCn3ccnc3)C(=O)Cc3ccc(F)cc3)nc12. The van der Waals surface area contributed by atoms with Crippen molar-refractivity contribution in [2.75, 3.05) is 11.4 Å². The number of nitrogens with zero attached hydrogens (tertiary/aromatic N) is 4. The Morgan fingerprint density at radius 2 is 2.03 bits per heavy atom. The van der Waals surface area contributed by atoms with Crippen LogP contribution in [0.5, 0.6) is 0 Å². The van der Waals surface area contributed by atoms with E-state index < -0.39 is 0 Å². The van der Waals surface area contributed by atoms with Gasteiger partial charge in [-0.1, -0.05) is 35.6 Å². The van der Waals surface area contributed by atoms with Crippen LogP contribution in [-0.2, 0) is 17.8 Å². The summed E-state index contributed by atoms with van der Waals surface area (Å²) in [4.78, 5) is 23.7. The second-order valence-corrected chi connectivity index (χ2v) is 7.93. The molecule has 4 rings (SSSR count). The number of carbonyl (C=O) groups excluding carboxylic acids is 1. The maximum absolute atomic E-state index is 13.2. The van der Waals surface area contributed by atoms with E-state index in [9.17, 15) is 9.18 Å². The fraction of sp³-hybridized carbons (Fsp3) is 0.227. The first-order chi connectivity index (χ1) is 14.1. The molecule has 0 saturated heterocycles. The molecule has 0 N–H and O–H groups in total. The normalized spacial score (nSPS) is 11.1. The van der Waals surface area contributed by atoms with Gasteiger partial charge >= 0.3 is 0 Å². The van der Waals surface area contributed by atoms with Crippen LogP contribution in [0.25, 0.3) is 10.2 Å². The highest BCUT2D eigenvalue weighted by Gasteiger charge is 2.20. The molecule has 0 aliphatic carbocycles. The average molecular weight is 409 g/mol. The fourth-order valence-electron chi connectivity index (χ4n) is 3.22. The van der Waals surface area contributed by atoms with Crippen molar-refractivity contribution in [3.8, 4) is 0 Å². The number of aromatic nitrogens is 3. The maximum Gasteiger partial charge on any atom is 0.233 e. The lowest BCUT2D eigenvalue weighted by Crippen LogP contribution is -2.33. The van der Waals surface area contributed by atoms with Crippen LogP contribution in [0.1, 0.15) is 17.5 Å². The van der Waals surface area contributed by atoms with Crippen LogP contribution in [0.4, 0.5) is 9.52 Å². The van der Waals surface area contributed by atoms with Crippen molar-refractivity contribution in [2.24, 2.45) is 0 Å². The Labute approximate surface area is 172 Å². The monoisotopic (exact) mass is 408 g/mol. The van der Waals surface area contributed by atoms with Gasteiger partial charge in [-0.05, 0) is 42.7 Å². The third-order valence-corrected chi connectivity index (χ3v) is 5.81. The summed E-state index contributed by atoms with van der Waals surface area (Å²) in [5.41, 5.74) is 2.81. The molecule has 1 amide bonds. The molecule has 2 heterocycles. The maximum atomic E-state index is 13.2. The quantitative estimate of drug-likeness (QED) is 0.449. The van der Waals surface area contributed by atoms with Crippen molar-refractivity contribution in [3.63, 3.8) is 0 Å². The minimum atomic E-state index is -0.306. The van der Waals surface area contributed by atoms with Crippen LogP contribution in [0.3, 0.4) is 0 Å². The summed E-state index contributed by atoms with van der Waals surface area (Å²) < 4.78 is 16.2. The number of benzene rings is 2. The molecular formula is C22H21FN4OS. The van der Waals surface area contributed by atoms with Crippen molar-refractivity contribution in [2.45, 2.75) is 26.3 Å². The summed E-state index contributed by atoms with van der Waals surface area (Å²) in [7, 11) is 0. The molecule has 148 valence electrons. The highest BCUT2D eigenvalue weighted by Crippen LogP contribution is 2.31. The van der Waals surface area contributed by atoms with Crippen LogP contribution >= 0.6 is 11.3 Å². The number of anilines is 1. The lowest BCUT2D eigenvalue weighted by atomic mass is 10.1. The van der Waals surface area contributed by atoms with Gasteiger partial charge in [-0.15, -0.1) is 0 Å². The summed E-state index contributed by atoms with van der Waals surface area (Å²) >= 11 is 1.52. The molecule has 2 aromatic heterocycles. The van der Waals surface area contributed by atoms with Crippen molar-refractivity contribution >= 4 is 32.6 Å². The van der Waals surface area contributed by atoms with E-state index in [-0.39, 0.29) is 18.1 Å². The van der Waals surface area contributed by atoms with Gasteiger partial charge < -0.3 is 4.57 Å². The zero-order chi connectivity index (χ0) is 20.2. The minimum Gasteiger partial charge on any atom is -0.337 e. The van der Waals surface area contributed by atoms with E-state index in [1.807, 2.05) is 35.9 Å². The summed E-state index contributed by atoms with van der Waals surface area (Å²) in [5, 5.41) is 0.701. The van der Waals surface area contributed by atoms with Crippen LogP contribution in [0.15, 0.2) is 61.2 Å². The summed E-state index contributed by atoms with van der Waals surface area (Å²) in [6.45, 7) is 3.34. The second kappa shape index (κ2) is 8.53. The van der Waals surface area contributed by atoms with E-state index in [0.717, 1.165) is 34.3 Å². The largest absolute Gasteiger partial charge is 0.337 e. The highest BCUT2D eigenvalue weighted by atomic mass is 32.1. The Hall–Kier alpha value is -3.06. The van der Waals surface area contributed by atoms with Crippen LogP contribution in [0, 0.1) is 12.7 Å². The Bertz CT molecular complexity index is 1110. The summed E-state index contributed by atoms with van der Waals surface area (Å²) in [5.74, 6) is -0.348. The molecule has 7 heteroatoms. The zero-order valence-electron chi connectivity index (χ0n) is 16.1. The molecule has 2 aromatic carbocycles. The van der Waals surface area contributed by atoms with Gasteiger partial charge in [0.25, 0.3) is 0 Å². The van der Waals surface area contributed by atoms with Gasteiger partial charge in [0.1, 0.15) is 5.82 Å². The van der Waals surface area contributed by atoms with Crippen LogP contribution in [0.2, 0.25) is 0 Å². The third kappa shape index (κ3) is 4.51. The van der Waals surface area contributed by atoms with Gasteiger partial charge in [-0.3, -0.25) is 9.69 Å². The zero-order valence-corrected chi connectivity index (χ0v) is 16.9. The molecule has 0 aliphatic heterocycles. The number of halogens is 1. The number of rotatable bonds is 7. The molecule has 0 unspecified atom stereocenters. The molecule has 0 radical (unpaired) electrons. The molecule has 0 saturated carbocycles. The Morgan fingerprint density at radius 1 is 1.21 bits per heavy atom. The third-order valence-electron chi connectivity index (χ3n) is 4.77. The number of thiazole rings is 1. The molecule has 0 aliphatic rings. The predicted octanol–water partition coefficient (Wildman–Crippen LogP) is 4.61. The first-order valence-corrected chi connectivity index (χ1v) is 10.3. The van der Waals surface area contributed by atoms with E-state index in [2.05, 4.69) is 4.98 Å². The number of aryl methyl sites for hydroxylation is 2. The minimum absolute atomic E-state index is 0.0426. The van der Waals surface area contributed by atoms with Gasteiger partial charge in [0.05, 0.1) is 23.0 Å². The fourth-order valence-corrected chi connectivity index (χ4v) is 4.31. The van der Waals surface area contributed by atoms with E-state index >= 15 is 0 Å². The lowest BCUT2D eigenvalue weighted by Gasteiger charge is -2.20. The molecule has 0 bridgehead atoms. The first-order valence-electron chi connectivity index (χ1n) is 9.47. The van der Waals surface area contributed by atoms with Crippen molar-refractivity contribution < 1.29 is 9.18 Å². The smallest absolute Gasteiger partial charge is 0.233 e. The molecule has 5 nitrogen and oxygen atoms in total. The van der Waals surface area contributed by atoms with E-state index in [4.69, 9.17) is 4.98 Å². The van der Waals surface area contributed by atoms with E-state index in [1.165, 1.54) is 23.5 Å². The number of fused-ring (bicyclic) bond motifs is 1. The molecule has 29 heavy (non-hydrogen) atoms. The van der Waals surface area contributed by atoms with Crippen molar-refractivity contribution in [1.29, 1.82) is 0 Å². The Morgan fingerprint density at radius 3 is 2.76 bits per heavy atom. The van der Waals surface area contributed by atoms with Crippen LogP contribution in [-0.4, -0.2) is 27.0 Å². The standard InChI is InChI=1S/C22H21FN4OS/c1-16-4-2-5-19-21(16)25-22(29-19)27(12-3-11-26-13-10-24-15-26)20(28)14-17-6-8-18(23)9-7-17/h2,4-10,13,15H,3,11-12,14H2,1H3. The predicted molar refractivity (Wildman–Crippen MR) is 114 cm³/mol. The highest BCUT2D eigenvalue weighted by molar-refractivity contribution is 7.22. The van der Waals surface area contributed by atoms with Gasteiger partial charge in [0.2, 0.25) is 5.91 Å². The lowest BCUT2D eigenvalue weighted by molar-refractivity contribution is -0.118. The van der Waals surface area contributed by atoms with E-state index in [0.29, 0.717) is 11.7 Å². The topological polar surface area (TPSA) is 51.0 Å². The Kier molecular flexibility index (Phi) is 5.67. The van der Waals surface area contributed by atoms with Crippen molar-refractivity contribution in [3.05, 3.63) is 78.1 Å². The van der Waals surface area contributed by atoms with E-state index in [1.54, 1.807) is 29.6 Å². The number of para-hydroxylation sites is 1. The first kappa shape index (κ1) is 19.3. The molecule has 4 aromatic rings. The number of hydrogen-bond acceptors (Lipinski definition) is 4. The number of amides is 1.